The van der Waals surface area contributed by atoms with Crippen LogP contribution in [0.3, 0.4) is 0 Å². The molecule has 2 amide bonds. The maximum absolute atomic E-state index is 12.0. The summed E-state index contributed by atoms with van der Waals surface area (Å²) in [5, 5.41) is 5.52. The molecule has 6 nitrogen and oxygen atoms in total. The second-order valence-electron chi connectivity index (χ2n) is 5.02. The number of benzene rings is 1. The molecule has 2 aromatic rings. The Morgan fingerprint density at radius 1 is 1.12 bits per heavy atom. The minimum Gasteiger partial charge on any atom is -0.497 e. The fourth-order valence-electron chi connectivity index (χ4n) is 2.07. The Hall–Kier alpha value is -2.54. The van der Waals surface area contributed by atoms with Crippen LogP contribution in [0.1, 0.15) is 21.5 Å². The van der Waals surface area contributed by atoms with Crippen molar-refractivity contribution in [3.8, 4) is 11.5 Å². The predicted octanol–water partition coefficient (Wildman–Crippen LogP) is 3.33. The molecule has 24 heavy (non-hydrogen) atoms. The largest absolute Gasteiger partial charge is 0.497 e. The number of carbonyl (C=O) groups excluding carboxylic acids is 2. The van der Waals surface area contributed by atoms with E-state index >= 15 is 0 Å². The lowest BCUT2D eigenvalue weighted by Crippen LogP contribution is -2.30. The first-order valence-electron chi connectivity index (χ1n) is 7.40. The molecule has 128 valence electrons. The van der Waals surface area contributed by atoms with Crippen molar-refractivity contribution < 1.29 is 19.1 Å². The average Bonchev–Trinajstić information content (AvgIpc) is 3.04. The number of nitrogens with one attached hydrogen (secondary N) is 2. The normalized spacial score (nSPS) is 10.1. The van der Waals surface area contributed by atoms with E-state index < -0.39 is 0 Å². The van der Waals surface area contributed by atoms with Gasteiger partial charge in [-0.15, -0.1) is 11.3 Å². The number of thiophene rings is 1. The monoisotopic (exact) mass is 348 g/mol. The standard InChI is InChI=1S/C17H20N2O4S/c1-11(20)16-7-5-13(24-16)8-9-18-17(21)19-14-6-4-12(22-2)10-15(14)23-3/h4-7,10H,8-9H2,1-3H3,(H2,18,19,21). The Labute approximate surface area is 144 Å². The van der Waals surface area contributed by atoms with Crippen molar-refractivity contribution in [1.29, 1.82) is 0 Å². The molecule has 2 rings (SSSR count). The number of urea groups is 1. The van der Waals surface area contributed by atoms with E-state index in [0.29, 0.717) is 30.2 Å². The summed E-state index contributed by atoms with van der Waals surface area (Å²) < 4.78 is 10.4. The van der Waals surface area contributed by atoms with Crippen LogP contribution in [0.2, 0.25) is 0 Å². The molecule has 0 aliphatic heterocycles. The highest BCUT2D eigenvalue weighted by atomic mass is 32.1. The van der Waals surface area contributed by atoms with E-state index in [4.69, 9.17) is 9.47 Å². The molecule has 1 aromatic carbocycles. The number of hydrogen-bond acceptors (Lipinski definition) is 5. The van der Waals surface area contributed by atoms with Gasteiger partial charge in [0.05, 0.1) is 24.8 Å². The number of carbonyl (C=O) groups is 2. The van der Waals surface area contributed by atoms with E-state index in [-0.39, 0.29) is 11.8 Å². The first-order chi connectivity index (χ1) is 11.5. The molecule has 2 N–H and O–H groups in total. The Morgan fingerprint density at radius 2 is 1.92 bits per heavy atom. The summed E-state index contributed by atoms with van der Waals surface area (Å²) in [4.78, 5) is 25.0. The first kappa shape index (κ1) is 17.8. The van der Waals surface area contributed by atoms with Gasteiger partial charge < -0.3 is 20.1 Å². The fourth-order valence-corrected chi connectivity index (χ4v) is 2.97. The highest BCUT2D eigenvalue weighted by Gasteiger charge is 2.09. The molecule has 0 atom stereocenters. The van der Waals surface area contributed by atoms with Gasteiger partial charge in [0.1, 0.15) is 11.5 Å². The van der Waals surface area contributed by atoms with Gasteiger partial charge in [-0.25, -0.2) is 4.79 Å². The number of ketones is 1. The minimum atomic E-state index is -0.318. The molecule has 0 spiro atoms. The molecule has 0 saturated heterocycles. The van der Waals surface area contributed by atoms with Gasteiger partial charge >= 0.3 is 6.03 Å². The van der Waals surface area contributed by atoms with Crippen LogP contribution < -0.4 is 20.1 Å². The topological polar surface area (TPSA) is 76.7 Å². The molecule has 0 fully saturated rings. The zero-order chi connectivity index (χ0) is 17.5. The van der Waals surface area contributed by atoms with E-state index in [2.05, 4.69) is 10.6 Å². The average molecular weight is 348 g/mol. The molecular formula is C17H20N2O4S. The van der Waals surface area contributed by atoms with Gasteiger partial charge in [-0.3, -0.25) is 4.79 Å². The van der Waals surface area contributed by atoms with Gasteiger partial charge in [0.15, 0.2) is 5.78 Å². The van der Waals surface area contributed by atoms with Crippen LogP contribution in [-0.4, -0.2) is 32.6 Å². The van der Waals surface area contributed by atoms with Gasteiger partial charge in [-0.1, -0.05) is 0 Å². The van der Waals surface area contributed by atoms with Crippen molar-refractivity contribution >= 4 is 28.8 Å². The summed E-state index contributed by atoms with van der Waals surface area (Å²) in [5.41, 5.74) is 0.561. The SMILES string of the molecule is COc1ccc(NC(=O)NCCc2ccc(C(C)=O)s2)c(OC)c1. The van der Waals surface area contributed by atoms with Crippen LogP contribution in [0.25, 0.3) is 0 Å². The minimum absolute atomic E-state index is 0.0588. The van der Waals surface area contributed by atoms with Gasteiger partial charge in [0.25, 0.3) is 0 Å². The van der Waals surface area contributed by atoms with Gasteiger partial charge in [0, 0.05) is 17.5 Å². The highest BCUT2D eigenvalue weighted by Crippen LogP contribution is 2.28. The molecule has 1 aromatic heterocycles. The quantitative estimate of drug-likeness (QED) is 0.753. The molecule has 0 saturated carbocycles. The van der Waals surface area contributed by atoms with Crippen molar-refractivity contribution in [2.75, 3.05) is 26.1 Å². The van der Waals surface area contributed by atoms with Crippen molar-refractivity contribution in [3.05, 3.63) is 40.1 Å². The lowest BCUT2D eigenvalue weighted by molar-refractivity contribution is 0.102. The van der Waals surface area contributed by atoms with Crippen LogP contribution in [0, 0.1) is 0 Å². The van der Waals surface area contributed by atoms with Crippen LogP contribution in [0.5, 0.6) is 11.5 Å². The zero-order valence-corrected chi connectivity index (χ0v) is 14.7. The lowest BCUT2D eigenvalue weighted by atomic mass is 10.2. The molecule has 0 aliphatic carbocycles. The molecule has 0 aliphatic rings. The summed E-state index contributed by atoms with van der Waals surface area (Å²) in [5.74, 6) is 1.23. The second kappa shape index (κ2) is 8.35. The maximum atomic E-state index is 12.0. The molecule has 7 heteroatoms. The molecule has 0 radical (unpaired) electrons. The van der Waals surface area contributed by atoms with Crippen molar-refractivity contribution in [2.24, 2.45) is 0 Å². The third kappa shape index (κ3) is 4.73. The Balaban J connectivity index is 1.85. The van der Waals surface area contributed by atoms with Gasteiger partial charge in [-0.2, -0.15) is 0 Å². The van der Waals surface area contributed by atoms with E-state index in [0.717, 1.165) is 9.75 Å². The third-order valence-corrected chi connectivity index (χ3v) is 4.57. The summed E-state index contributed by atoms with van der Waals surface area (Å²) in [7, 11) is 3.10. The zero-order valence-electron chi connectivity index (χ0n) is 13.8. The Bertz CT molecular complexity index is 727. The molecule has 0 bridgehead atoms. The van der Waals surface area contributed by atoms with Crippen LogP contribution in [0.15, 0.2) is 30.3 Å². The Morgan fingerprint density at radius 3 is 2.54 bits per heavy atom. The van der Waals surface area contributed by atoms with Gasteiger partial charge in [0.2, 0.25) is 0 Å². The predicted molar refractivity (Wildman–Crippen MR) is 94.6 cm³/mol. The number of hydrogen-bond donors (Lipinski definition) is 2. The summed E-state index contributed by atoms with van der Waals surface area (Å²) in [6.07, 6.45) is 0.672. The third-order valence-electron chi connectivity index (χ3n) is 3.32. The highest BCUT2D eigenvalue weighted by molar-refractivity contribution is 7.14. The van der Waals surface area contributed by atoms with E-state index in [1.165, 1.54) is 18.4 Å². The van der Waals surface area contributed by atoms with Crippen LogP contribution >= 0.6 is 11.3 Å². The summed E-state index contributed by atoms with van der Waals surface area (Å²) >= 11 is 1.45. The summed E-state index contributed by atoms with van der Waals surface area (Å²) in [6.45, 7) is 2.02. The fraction of sp³-hybridized carbons (Fsp3) is 0.294. The summed E-state index contributed by atoms with van der Waals surface area (Å²) in [6, 6.07) is 8.56. The Kier molecular flexibility index (Phi) is 6.20. The van der Waals surface area contributed by atoms with E-state index in [1.54, 1.807) is 32.2 Å². The number of amides is 2. The van der Waals surface area contributed by atoms with Gasteiger partial charge in [-0.05, 0) is 37.6 Å². The number of methoxy groups -OCH3 is 2. The molecule has 0 unspecified atom stereocenters. The van der Waals surface area contributed by atoms with Crippen LogP contribution in [0.4, 0.5) is 10.5 Å². The molecule has 1 heterocycles. The van der Waals surface area contributed by atoms with E-state index in [1.807, 2.05) is 12.1 Å². The molecular weight excluding hydrogens is 328 g/mol. The van der Waals surface area contributed by atoms with Crippen LogP contribution in [-0.2, 0) is 6.42 Å². The smallest absolute Gasteiger partial charge is 0.319 e. The van der Waals surface area contributed by atoms with Crippen molar-refractivity contribution in [3.63, 3.8) is 0 Å². The van der Waals surface area contributed by atoms with Crippen molar-refractivity contribution in [2.45, 2.75) is 13.3 Å². The number of Topliss-reactive ketones (excluding diaryl/α,β-unsaturated/α-hetero) is 1. The number of anilines is 1. The lowest BCUT2D eigenvalue weighted by Gasteiger charge is -2.12. The van der Waals surface area contributed by atoms with Crippen molar-refractivity contribution in [1.82, 2.24) is 5.32 Å². The second-order valence-corrected chi connectivity index (χ2v) is 6.19. The maximum Gasteiger partial charge on any atom is 0.319 e. The number of rotatable bonds is 7. The van der Waals surface area contributed by atoms with E-state index in [9.17, 15) is 9.59 Å². The first-order valence-corrected chi connectivity index (χ1v) is 8.21. The number of ether oxygens (including phenoxy) is 2.